The van der Waals surface area contributed by atoms with Crippen molar-refractivity contribution in [2.75, 3.05) is 50.1 Å². The molecule has 5 heterocycles. The number of piperazine rings is 1. The first-order chi connectivity index (χ1) is 16.0. The van der Waals surface area contributed by atoms with Gasteiger partial charge in [0.05, 0.1) is 5.39 Å². The van der Waals surface area contributed by atoms with Crippen LogP contribution in [-0.2, 0) is 11.0 Å². The Balaban J connectivity index is 0.00000274. The summed E-state index contributed by atoms with van der Waals surface area (Å²) in [5.41, 5.74) is 0.239. The molecule has 0 radical (unpaired) electrons. The summed E-state index contributed by atoms with van der Waals surface area (Å²) in [6.07, 6.45) is 5.12. The Morgan fingerprint density at radius 1 is 0.971 bits per heavy atom. The predicted octanol–water partition coefficient (Wildman–Crippen LogP) is 1.32. The number of hydrogen-bond acceptors (Lipinski definition) is 8. The third kappa shape index (κ3) is 4.44. The number of aromatic nitrogens is 4. The van der Waals surface area contributed by atoms with E-state index in [1.165, 1.54) is 15.6 Å². The average molecular weight is 500 g/mol. The number of pyridine rings is 3. The lowest BCUT2D eigenvalue weighted by atomic mass is 10.2. The van der Waals surface area contributed by atoms with Crippen LogP contribution in [0.25, 0.3) is 16.2 Å². The highest BCUT2D eigenvalue weighted by Crippen LogP contribution is 2.24. The Morgan fingerprint density at radius 3 is 2.32 bits per heavy atom. The van der Waals surface area contributed by atoms with Gasteiger partial charge in [-0.15, -0.1) is 11.3 Å². The second-order valence-corrected chi connectivity index (χ2v) is 10.3. The van der Waals surface area contributed by atoms with E-state index in [0.717, 1.165) is 37.8 Å². The second kappa shape index (κ2) is 9.97. The van der Waals surface area contributed by atoms with Gasteiger partial charge in [0, 0.05) is 50.1 Å². The molecule has 0 saturated carbocycles. The Bertz CT molecular complexity index is 1350. The van der Waals surface area contributed by atoms with Crippen molar-refractivity contribution in [1.82, 2.24) is 23.8 Å². The van der Waals surface area contributed by atoms with Crippen LogP contribution in [0.2, 0.25) is 0 Å². The fourth-order valence-corrected chi connectivity index (χ4v) is 5.33. The number of nitrogens with zero attached hydrogens (tertiary/aromatic N) is 7. The van der Waals surface area contributed by atoms with Crippen molar-refractivity contribution in [1.29, 1.82) is 0 Å². The van der Waals surface area contributed by atoms with Gasteiger partial charge in [0.1, 0.15) is 27.5 Å². The summed E-state index contributed by atoms with van der Waals surface area (Å²) >= 11 is 1.43. The van der Waals surface area contributed by atoms with Crippen molar-refractivity contribution in [3.63, 3.8) is 0 Å². The minimum Gasteiger partial charge on any atom is -0.412 e. The average Bonchev–Trinajstić information content (AvgIpc) is 3.39. The molecule has 4 aromatic rings. The van der Waals surface area contributed by atoms with Crippen LogP contribution in [0, 0.1) is 0 Å². The third-order valence-corrected chi connectivity index (χ3v) is 7.63. The molecule has 1 aliphatic rings. The van der Waals surface area contributed by atoms with Crippen LogP contribution in [0.15, 0.2) is 64.0 Å². The van der Waals surface area contributed by atoms with E-state index in [0.29, 0.717) is 16.2 Å². The number of hydrogen-bond donors (Lipinski definition) is 0. The molecule has 1 aliphatic heterocycles. The fraction of sp³-hybridized carbons (Fsp3) is 0.273. The summed E-state index contributed by atoms with van der Waals surface area (Å²) in [5, 5.41) is 2.96. The van der Waals surface area contributed by atoms with E-state index in [-0.39, 0.29) is 15.8 Å². The van der Waals surface area contributed by atoms with Crippen molar-refractivity contribution in [2.45, 2.75) is 4.90 Å². The Hall–Kier alpha value is -3.19. The molecule has 0 bridgehead atoms. The second-order valence-electron chi connectivity index (χ2n) is 7.77. The summed E-state index contributed by atoms with van der Waals surface area (Å²) in [5.74, 6) is 1.78. The van der Waals surface area contributed by atoms with Gasteiger partial charge in [-0.1, -0.05) is 6.07 Å². The van der Waals surface area contributed by atoms with Crippen molar-refractivity contribution >= 4 is 45.0 Å². The number of fused-ring (bicyclic) bond motifs is 1. The molecule has 2 N–H and O–H groups in total. The molecule has 0 aromatic carbocycles. The summed E-state index contributed by atoms with van der Waals surface area (Å²) in [4.78, 5) is 31.6. The van der Waals surface area contributed by atoms with E-state index in [2.05, 4.69) is 19.8 Å². The van der Waals surface area contributed by atoms with Crippen LogP contribution in [0.5, 0.6) is 0 Å². The minimum atomic E-state index is -1.58. The first kappa shape index (κ1) is 24.0. The third-order valence-electron chi connectivity index (χ3n) is 5.53. The van der Waals surface area contributed by atoms with Crippen LogP contribution in [-0.4, -0.2) is 73.8 Å². The predicted molar refractivity (Wildman–Crippen MR) is 135 cm³/mol. The lowest BCUT2D eigenvalue weighted by molar-refractivity contribution is 0.601. The lowest BCUT2D eigenvalue weighted by Gasteiger charge is -2.36. The number of rotatable bonds is 5. The van der Waals surface area contributed by atoms with Gasteiger partial charge in [-0.3, -0.25) is 9.36 Å². The van der Waals surface area contributed by atoms with Crippen LogP contribution in [0.3, 0.4) is 0 Å². The molecule has 0 amide bonds. The number of anilines is 2. The monoisotopic (exact) mass is 499 g/mol. The van der Waals surface area contributed by atoms with Crippen LogP contribution < -0.4 is 15.2 Å². The van der Waals surface area contributed by atoms with E-state index in [4.69, 9.17) is 4.98 Å². The van der Waals surface area contributed by atoms with E-state index >= 15 is 0 Å². The quantitative estimate of drug-likeness (QED) is 0.406. The normalized spacial score (nSPS) is 14.9. The molecule has 0 aliphatic carbocycles. The maximum atomic E-state index is 13.2. The SMILES string of the molecule is CN(C)S(=O)c1cn(-c2nccs2)c2nc(N3CCN(c4ccccn4)CC3)ccc2c1=O.O. The zero-order valence-corrected chi connectivity index (χ0v) is 20.4. The minimum absolute atomic E-state index is 0. The van der Waals surface area contributed by atoms with Gasteiger partial charge in [-0.05, 0) is 38.4 Å². The smallest absolute Gasteiger partial charge is 0.208 e. The first-order valence-electron chi connectivity index (χ1n) is 10.5. The molecular weight excluding hydrogens is 474 g/mol. The van der Waals surface area contributed by atoms with Gasteiger partial charge in [-0.2, -0.15) is 0 Å². The van der Waals surface area contributed by atoms with Crippen LogP contribution >= 0.6 is 11.3 Å². The molecular formula is C22H25N7O3S2. The van der Waals surface area contributed by atoms with E-state index in [1.807, 2.05) is 35.8 Å². The highest BCUT2D eigenvalue weighted by atomic mass is 32.2. The summed E-state index contributed by atoms with van der Waals surface area (Å²) in [6.45, 7) is 3.24. The maximum absolute atomic E-state index is 13.2. The largest absolute Gasteiger partial charge is 0.412 e. The standard InChI is InChI=1S/C22H23N7O2S2.H2O/c1-26(2)33(31)17-15-29(22-24-9-14-32-22)21-16(20(17)30)6-7-19(25-21)28-12-10-27(11-13-28)18-5-3-4-8-23-18;/h3-9,14-15H,10-13H2,1-2H3;1H2. The molecule has 12 heteroatoms. The van der Waals surface area contributed by atoms with Crippen LogP contribution in [0.1, 0.15) is 0 Å². The Kier molecular flexibility index (Phi) is 7.03. The molecule has 1 saturated heterocycles. The first-order valence-corrected chi connectivity index (χ1v) is 12.5. The molecule has 0 spiro atoms. The molecule has 1 fully saturated rings. The van der Waals surface area contributed by atoms with E-state index in [1.54, 1.807) is 37.1 Å². The van der Waals surface area contributed by atoms with Crippen molar-refractivity contribution < 1.29 is 9.69 Å². The van der Waals surface area contributed by atoms with Crippen LogP contribution in [0.4, 0.5) is 11.6 Å². The van der Waals surface area contributed by atoms with E-state index < -0.39 is 11.0 Å². The molecule has 1 atom stereocenters. The highest BCUT2D eigenvalue weighted by Gasteiger charge is 2.22. The van der Waals surface area contributed by atoms with Gasteiger partial charge < -0.3 is 15.3 Å². The van der Waals surface area contributed by atoms with Crippen molar-refractivity contribution in [2.24, 2.45) is 0 Å². The Labute approximate surface area is 203 Å². The molecule has 5 rings (SSSR count). The lowest BCUT2D eigenvalue weighted by Crippen LogP contribution is -2.47. The molecule has 4 aromatic heterocycles. The van der Waals surface area contributed by atoms with Crippen molar-refractivity contribution in [3.05, 3.63) is 64.5 Å². The molecule has 34 heavy (non-hydrogen) atoms. The van der Waals surface area contributed by atoms with Gasteiger partial charge in [0.25, 0.3) is 0 Å². The summed E-state index contributed by atoms with van der Waals surface area (Å²) in [6, 6.07) is 9.58. The highest BCUT2D eigenvalue weighted by molar-refractivity contribution is 7.82. The molecule has 1 unspecified atom stereocenters. The van der Waals surface area contributed by atoms with E-state index in [9.17, 15) is 9.00 Å². The van der Waals surface area contributed by atoms with Gasteiger partial charge in [0.15, 0.2) is 10.8 Å². The summed E-state index contributed by atoms with van der Waals surface area (Å²) in [7, 11) is 1.78. The van der Waals surface area contributed by atoms with Gasteiger partial charge >= 0.3 is 0 Å². The summed E-state index contributed by atoms with van der Waals surface area (Å²) < 4.78 is 16.0. The zero-order chi connectivity index (χ0) is 22.9. The fourth-order valence-electron chi connectivity index (χ4n) is 3.85. The topological polar surface area (TPSA) is 119 Å². The zero-order valence-electron chi connectivity index (χ0n) is 18.8. The molecule has 10 nitrogen and oxygen atoms in total. The van der Waals surface area contributed by atoms with Gasteiger partial charge in [0.2, 0.25) is 5.43 Å². The number of thiazole rings is 1. The Morgan fingerprint density at radius 2 is 1.71 bits per heavy atom. The van der Waals surface area contributed by atoms with Gasteiger partial charge in [-0.25, -0.2) is 23.5 Å². The maximum Gasteiger partial charge on any atom is 0.208 e. The van der Waals surface area contributed by atoms with Crippen molar-refractivity contribution in [3.8, 4) is 5.13 Å². The molecule has 178 valence electrons.